The molecule has 0 bridgehead atoms. The Morgan fingerprint density at radius 2 is 1.61 bits per heavy atom. The van der Waals surface area contributed by atoms with E-state index in [1.54, 1.807) is 18.2 Å². The van der Waals surface area contributed by atoms with E-state index in [1.807, 2.05) is 0 Å². The zero-order chi connectivity index (χ0) is 16.8. The molecule has 0 aliphatic rings. The van der Waals surface area contributed by atoms with Gasteiger partial charge in [0.15, 0.2) is 12.4 Å². The van der Waals surface area contributed by atoms with E-state index < -0.39 is 24.2 Å². The highest BCUT2D eigenvalue weighted by molar-refractivity contribution is 6.37. The van der Waals surface area contributed by atoms with Crippen LogP contribution in [0.2, 0.25) is 10.0 Å². The molecular formula is C15H11Cl2FN2O3. The lowest BCUT2D eigenvalue weighted by atomic mass is 10.2. The molecule has 2 aromatic rings. The summed E-state index contributed by atoms with van der Waals surface area (Å²) in [6.45, 7) is -0.396. The molecule has 0 unspecified atom stereocenters. The van der Waals surface area contributed by atoms with Gasteiger partial charge in [0.05, 0.1) is 10.0 Å². The van der Waals surface area contributed by atoms with Crippen molar-refractivity contribution in [2.75, 3.05) is 6.61 Å². The SMILES string of the molecule is O=C(COc1c(Cl)cccc1Cl)NNC(=O)c1ccc(F)cc1. The minimum atomic E-state index is -0.614. The number of nitrogens with one attached hydrogen (secondary N) is 2. The van der Waals surface area contributed by atoms with Crippen LogP contribution in [-0.2, 0) is 4.79 Å². The molecule has 0 heterocycles. The minimum absolute atomic E-state index is 0.177. The Morgan fingerprint density at radius 3 is 2.22 bits per heavy atom. The quantitative estimate of drug-likeness (QED) is 0.827. The third kappa shape index (κ3) is 4.84. The van der Waals surface area contributed by atoms with Crippen LogP contribution < -0.4 is 15.6 Å². The van der Waals surface area contributed by atoms with Crippen molar-refractivity contribution in [3.63, 3.8) is 0 Å². The van der Waals surface area contributed by atoms with Crippen molar-refractivity contribution < 1.29 is 18.7 Å². The van der Waals surface area contributed by atoms with Crippen LogP contribution in [-0.4, -0.2) is 18.4 Å². The summed E-state index contributed by atoms with van der Waals surface area (Å²) in [5, 5.41) is 0.529. The molecule has 0 aromatic heterocycles. The maximum absolute atomic E-state index is 12.8. The molecular weight excluding hydrogens is 346 g/mol. The summed E-state index contributed by atoms with van der Waals surface area (Å²) in [6, 6.07) is 9.63. The highest BCUT2D eigenvalue weighted by Crippen LogP contribution is 2.32. The van der Waals surface area contributed by atoms with Crippen molar-refractivity contribution >= 4 is 35.0 Å². The minimum Gasteiger partial charge on any atom is -0.481 e. The molecule has 0 fully saturated rings. The Kier molecular flexibility index (Phi) is 5.78. The van der Waals surface area contributed by atoms with Crippen LogP contribution in [0.25, 0.3) is 0 Å². The highest BCUT2D eigenvalue weighted by atomic mass is 35.5. The first-order valence-electron chi connectivity index (χ1n) is 6.39. The summed E-state index contributed by atoms with van der Waals surface area (Å²) >= 11 is 11.8. The highest BCUT2D eigenvalue weighted by Gasteiger charge is 2.11. The second kappa shape index (κ2) is 7.80. The van der Waals surface area contributed by atoms with Gasteiger partial charge in [-0.1, -0.05) is 29.3 Å². The molecule has 2 amide bonds. The van der Waals surface area contributed by atoms with Crippen molar-refractivity contribution in [2.45, 2.75) is 0 Å². The van der Waals surface area contributed by atoms with E-state index in [0.717, 1.165) is 12.1 Å². The van der Waals surface area contributed by atoms with Crippen LogP contribution >= 0.6 is 23.2 Å². The molecule has 0 aliphatic carbocycles. The van der Waals surface area contributed by atoms with Crippen LogP contribution in [0.5, 0.6) is 5.75 Å². The first-order valence-corrected chi connectivity index (χ1v) is 7.14. The Hall–Kier alpha value is -2.31. The summed E-state index contributed by atoms with van der Waals surface area (Å²) < 4.78 is 18.0. The van der Waals surface area contributed by atoms with Gasteiger partial charge in [0.25, 0.3) is 11.8 Å². The van der Waals surface area contributed by atoms with Gasteiger partial charge in [-0.3, -0.25) is 20.4 Å². The van der Waals surface area contributed by atoms with Crippen molar-refractivity contribution in [1.82, 2.24) is 10.9 Å². The van der Waals surface area contributed by atoms with Crippen LogP contribution in [0.4, 0.5) is 4.39 Å². The van der Waals surface area contributed by atoms with Crippen molar-refractivity contribution in [3.05, 3.63) is 63.9 Å². The molecule has 0 atom stereocenters. The van der Waals surface area contributed by atoms with Gasteiger partial charge in [-0.25, -0.2) is 4.39 Å². The number of ether oxygens (including phenoxy) is 1. The molecule has 0 saturated heterocycles. The first-order chi connectivity index (χ1) is 11.0. The third-order valence-electron chi connectivity index (χ3n) is 2.69. The summed E-state index contributed by atoms with van der Waals surface area (Å²) in [6.07, 6.45) is 0. The van der Waals surface area contributed by atoms with Crippen LogP contribution in [0.1, 0.15) is 10.4 Å². The number of rotatable bonds is 4. The molecule has 23 heavy (non-hydrogen) atoms. The fourth-order valence-electron chi connectivity index (χ4n) is 1.59. The molecule has 120 valence electrons. The van der Waals surface area contributed by atoms with Crippen molar-refractivity contribution in [1.29, 1.82) is 0 Å². The van der Waals surface area contributed by atoms with Crippen LogP contribution in [0.3, 0.4) is 0 Å². The number of amides is 2. The molecule has 0 spiro atoms. The number of benzene rings is 2. The predicted molar refractivity (Wildman–Crippen MR) is 84.0 cm³/mol. The molecule has 2 aromatic carbocycles. The van der Waals surface area contributed by atoms with Gasteiger partial charge in [-0.2, -0.15) is 0 Å². The molecule has 5 nitrogen and oxygen atoms in total. The molecule has 8 heteroatoms. The number of hydrazine groups is 1. The molecule has 2 rings (SSSR count). The standard InChI is InChI=1S/C15H11Cl2FN2O3/c16-11-2-1-3-12(17)14(11)23-8-13(21)19-20-15(22)9-4-6-10(18)7-5-9/h1-7H,8H2,(H,19,21)(H,20,22). The van der Waals surface area contributed by atoms with E-state index in [-0.39, 0.29) is 21.4 Å². The molecule has 0 radical (unpaired) electrons. The number of para-hydroxylation sites is 1. The summed E-state index contributed by atoms with van der Waals surface area (Å²) in [4.78, 5) is 23.3. The fourth-order valence-corrected chi connectivity index (χ4v) is 2.10. The van der Waals surface area contributed by atoms with Gasteiger partial charge in [-0.15, -0.1) is 0 Å². The smallest absolute Gasteiger partial charge is 0.276 e. The number of halogens is 3. The Morgan fingerprint density at radius 1 is 1.00 bits per heavy atom. The molecule has 0 aliphatic heterocycles. The number of carbonyl (C=O) groups excluding carboxylic acids is 2. The maximum Gasteiger partial charge on any atom is 0.276 e. The lowest BCUT2D eigenvalue weighted by Gasteiger charge is -2.10. The second-order valence-electron chi connectivity index (χ2n) is 4.35. The van der Waals surface area contributed by atoms with Crippen molar-refractivity contribution in [2.24, 2.45) is 0 Å². The van der Waals surface area contributed by atoms with Crippen LogP contribution in [0.15, 0.2) is 42.5 Å². The molecule has 2 N–H and O–H groups in total. The van der Waals surface area contributed by atoms with Gasteiger partial charge in [0.1, 0.15) is 5.82 Å². The van der Waals surface area contributed by atoms with E-state index >= 15 is 0 Å². The van der Waals surface area contributed by atoms with Crippen LogP contribution in [0, 0.1) is 5.82 Å². The van der Waals surface area contributed by atoms with Gasteiger partial charge in [0.2, 0.25) is 0 Å². The Balaban J connectivity index is 1.83. The largest absolute Gasteiger partial charge is 0.481 e. The zero-order valence-corrected chi connectivity index (χ0v) is 13.1. The monoisotopic (exact) mass is 356 g/mol. The number of hydrogen-bond donors (Lipinski definition) is 2. The van der Waals surface area contributed by atoms with Gasteiger partial charge < -0.3 is 4.74 Å². The average molecular weight is 357 g/mol. The van der Waals surface area contributed by atoms with Gasteiger partial charge in [-0.05, 0) is 36.4 Å². The van der Waals surface area contributed by atoms with E-state index in [4.69, 9.17) is 27.9 Å². The van der Waals surface area contributed by atoms with E-state index in [9.17, 15) is 14.0 Å². The summed E-state index contributed by atoms with van der Waals surface area (Å²) in [7, 11) is 0. The maximum atomic E-state index is 12.8. The van der Waals surface area contributed by atoms with E-state index in [2.05, 4.69) is 10.9 Å². The lowest BCUT2D eigenvalue weighted by Crippen LogP contribution is -2.43. The number of hydrogen-bond acceptors (Lipinski definition) is 3. The van der Waals surface area contributed by atoms with Gasteiger partial charge >= 0.3 is 0 Å². The van der Waals surface area contributed by atoms with E-state index in [1.165, 1.54) is 12.1 Å². The summed E-state index contributed by atoms with van der Waals surface area (Å²) in [5.74, 6) is -1.49. The lowest BCUT2D eigenvalue weighted by molar-refractivity contribution is -0.123. The molecule has 0 saturated carbocycles. The first kappa shape index (κ1) is 17.1. The zero-order valence-electron chi connectivity index (χ0n) is 11.6. The second-order valence-corrected chi connectivity index (χ2v) is 5.16. The Bertz CT molecular complexity index is 703. The Labute approximate surface area is 141 Å². The third-order valence-corrected chi connectivity index (χ3v) is 3.28. The van der Waals surface area contributed by atoms with E-state index in [0.29, 0.717) is 0 Å². The predicted octanol–water partition coefficient (Wildman–Crippen LogP) is 2.97. The van der Waals surface area contributed by atoms with Gasteiger partial charge in [0, 0.05) is 5.56 Å². The topological polar surface area (TPSA) is 67.4 Å². The normalized spacial score (nSPS) is 10.0. The number of carbonyl (C=O) groups is 2. The summed E-state index contributed by atoms with van der Waals surface area (Å²) in [5.41, 5.74) is 4.53. The average Bonchev–Trinajstić information content (AvgIpc) is 2.53. The fraction of sp³-hybridized carbons (Fsp3) is 0.0667. The van der Waals surface area contributed by atoms with Crippen molar-refractivity contribution in [3.8, 4) is 5.75 Å².